The number of hydrogen-bond donors (Lipinski definition) is 2. The second-order valence-electron chi connectivity index (χ2n) is 7.52. The number of aryl methyl sites for hydroxylation is 1. The summed E-state index contributed by atoms with van der Waals surface area (Å²) in [4.78, 5) is 19.5. The van der Waals surface area contributed by atoms with Crippen LogP contribution in [0.15, 0.2) is 53.5 Å². The van der Waals surface area contributed by atoms with Crippen molar-refractivity contribution in [3.8, 4) is 5.75 Å². The molecular formula is C24H33IN4O3. The van der Waals surface area contributed by atoms with Gasteiger partial charge in [-0.1, -0.05) is 42.5 Å². The Hall–Kier alpha value is -2.33. The molecule has 2 aromatic carbocycles. The number of morpholine rings is 1. The summed E-state index contributed by atoms with van der Waals surface area (Å²) in [6, 6.07) is 16.0. The van der Waals surface area contributed by atoms with Crippen LogP contribution in [0, 0.1) is 6.92 Å². The highest BCUT2D eigenvalue weighted by molar-refractivity contribution is 14.0. The zero-order chi connectivity index (χ0) is 22.1. The van der Waals surface area contributed by atoms with Gasteiger partial charge in [0, 0.05) is 38.8 Å². The lowest BCUT2D eigenvalue weighted by Crippen LogP contribution is -2.47. The normalized spacial score (nSPS) is 14.8. The Bertz CT molecular complexity index is 886. The molecule has 1 fully saturated rings. The van der Waals surface area contributed by atoms with Gasteiger partial charge in [-0.15, -0.1) is 24.0 Å². The molecule has 0 aromatic heterocycles. The van der Waals surface area contributed by atoms with Gasteiger partial charge in [-0.05, 0) is 24.1 Å². The van der Waals surface area contributed by atoms with E-state index in [1.54, 1.807) is 14.2 Å². The SMILES string of the molecule is CN=C(NCc1ccc(C)cc1OC)NCC(C(=O)N1CCOCC1)c1ccccc1.I. The zero-order valence-electron chi connectivity index (χ0n) is 19.0. The first-order valence-electron chi connectivity index (χ1n) is 10.6. The fourth-order valence-electron chi connectivity index (χ4n) is 3.63. The Balaban J connectivity index is 0.00000363. The van der Waals surface area contributed by atoms with Gasteiger partial charge in [0.05, 0.1) is 26.2 Å². The molecule has 7 nitrogen and oxygen atoms in total. The number of benzene rings is 2. The standard InChI is InChI=1S/C24H32N4O3.HI/c1-18-9-10-20(22(15-18)30-3)16-26-24(25-2)27-17-21(19-7-5-4-6-8-19)23(29)28-11-13-31-14-12-28;/h4-10,15,21H,11-14,16-17H2,1-3H3,(H2,25,26,27);1H. The van der Waals surface area contributed by atoms with Crippen LogP contribution in [-0.4, -0.2) is 63.8 Å². The van der Waals surface area contributed by atoms with Crippen molar-refractivity contribution in [1.82, 2.24) is 15.5 Å². The number of guanidine groups is 1. The highest BCUT2D eigenvalue weighted by Crippen LogP contribution is 2.20. The molecule has 1 heterocycles. The topological polar surface area (TPSA) is 75.2 Å². The van der Waals surface area contributed by atoms with Gasteiger partial charge in [0.25, 0.3) is 0 Å². The van der Waals surface area contributed by atoms with E-state index in [0.29, 0.717) is 45.4 Å². The second kappa shape index (κ2) is 13.3. The molecule has 2 aromatic rings. The third-order valence-corrected chi connectivity index (χ3v) is 5.41. The molecule has 0 saturated carbocycles. The van der Waals surface area contributed by atoms with E-state index in [2.05, 4.69) is 21.7 Å². The Kier molecular flexibility index (Phi) is 10.8. The van der Waals surface area contributed by atoms with E-state index in [0.717, 1.165) is 22.4 Å². The van der Waals surface area contributed by atoms with Crippen molar-refractivity contribution < 1.29 is 14.3 Å². The van der Waals surface area contributed by atoms with Crippen molar-refractivity contribution in [2.75, 3.05) is 47.0 Å². The lowest BCUT2D eigenvalue weighted by Gasteiger charge is -2.31. The van der Waals surface area contributed by atoms with Crippen LogP contribution >= 0.6 is 24.0 Å². The maximum Gasteiger partial charge on any atom is 0.232 e. The maximum atomic E-state index is 13.2. The van der Waals surface area contributed by atoms with E-state index >= 15 is 0 Å². The van der Waals surface area contributed by atoms with Gasteiger partial charge in [0.1, 0.15) is 5.75 Å². The molecule has 1 saturated heterocycles. The first-order chi connectivity index (χ1) is 15.1. The third-order valence-electron chi connectivity index (χ3n) is 5.41. The number of ether oxygens (including phenoxy) is 2. The largest absolute Gasteiger partial charge is 0.496 e. The minimum absolute atomic E-state index is 0. The van der Waals surface area contributed by atoms with Gasteiger partial charge in [-0.2, -0.15) is 0 Å². The number of halogens is 1. The number of amides is 1. The van der Waals surface area contributed by atoms with Crippen molar-refractivity contribution >= 4 is 35.8 Å². The van der Waals surface area contributed by atoms with Gasteiger partial charge >= 0.3 is 0 Å². The van der Waals surface area contributed by atoms with Gasteiger partial charge in [0.2, 0.25) is 5.91 Å². The molecule has 1 unspecified atom stereocenters. The minimum atomic E-state index is -0.299. The number of methoxy groups -OCH3 is 1. The molecule has 174 valence electrons. The second-order valence-corrected chi connectivity index (χ2v) is 7.52. The Morgan fingerprint density at radius 2 is 1.88 bits per heavy atom. The zero-order valence-corrected chi connectivity index (χ0v) is 21.3. The summed E-state index contributed by atoms with van der Waals surface area (Å²) in [5.41, 5.74) is 3.18. The fourth-order valence-corrected chi connectivity index (χ4v) is 3.63. The monoisotopic (exact) mass is 552 g/mol. The molecule has 1 atom stereocenters. The van der Waals surface area contributed by atoms with E-state index < -0.39 is 0 Å². The summed E-state index contributed by atoms with van der Waals surface area (Å²) >= 11 is 0. The number of nitrogens with one attached hydrogen (secondary N) is 2. The van der Waals surface area contributed by atoms with Crippen molar-refractivity contribution in [2.24, 2.45) is 4.99 Å². The van der Waals surface area contributed by atoms with Crippen molar-refractivity contribution in [1.29, 1.82) is 0 Å². The molecule has 3 rings (SSSR count). The molecule has 32 heavy (non-hydrogen) atoms. The van der Waals surface area contributed by atoms with Crippen LogP contribution in [-0.2, 0) is 16.1 Å². The maximum absolute atomic E-state index is 13.2. The van der Waals surface area contributed by atoms with E-state index in [-0.39, 0.29) is 35.8 Å². The highest BCUT2D eigenvalue weighted by atomic mass is 127. The molecule has 1 aliphatic rings. The van der Waals surface area contributed by atoms with Gasteiger partial charge < -0.3 is 25.0 Å². The van der Waals surface area contributed by atoms with Gasteiger partial charge in [-0.3, -0.25) is 9.79 Å². The van der Waals surface area contributed by atoms with Crippen molar-refractivity contribution in [3.05, 3.63) is 65.2 Å². The summed E-state index contributed by atoms with van der Waals surface area (Å²) in [6.07, 6.45) is 0. The van der Waals surface area contributed by atoms with Crippen LogP contribution in [0.3, 0.4) is 0 Å². The average Bonchev–Trinajstić information content (AvgIpc) is 2.82. The summed E-state index contributed by atoms with van der Waals surface area (Å²) in [6.45, 7) is 5.48. The van der Waals surface area contributed by atoms with E-state index in [4.69, 9.17) is 9.47 Å². The summed E-state index contributed by atoms with van der Waals surface area (Å²) in [5.74, 6) is 1.29. The Morgan fingerprint density at radius 1 is 1.16 bits per heavy atom. The predicted octanol–water partition coefficient (Wildman–Crippen LogP) is 2.93. The van der Waals surface area contributed by atoms with Crippen LogP contribution < -0.4 is 15.4 Å². The minimum Gasteiger partial charge on any atom is -0.496 e. The van der Waals surface area contributed by atoms with E-state index in [1.807, 2.05) is 54.3 Å². The number of aliphatic imine (C=N–C) groups is 1. The predicted molar refractivity (Wildman–Crippen MR) is 138 cm³/mol. The summed E-state index contributed by atoms with van der Waals surface area (Å²) < 4.78 is 10.9. The highest BCUT2D eigenvalue weighted by Gasteiger charge is 2.27. The summed E-state index contributed by atoms with van der Waals surface area (Å²) in [5, 5.41) is 6.65. The third kappa shape index (κ3) is 7.09. The molecule has 8 heteroatoms. The molecule has 1 aliphatic heterocycles. The summed E-state index contributed by atoms with van der Waals surface area (Å²) in [7, 11) is 3.40. The van der Waals surface area contributed by atoms with Crippen LogP contribution in [0.1, 0.15) is 22.6 Å². The van der Waals surface area contributed by atoms with Gasteiger partial charge in [-0.25, -0.2) is 0 Å². The van der Waals surface area contributed by atoms with E-state index in [1.165, 1.54) is 0 Å². The Labute approximate surface area is 207 Å². The molecule has 0 radical (unpaired) electrons. The van der Waals surface area contributed by atoms with E-state index in [9.17, 15) is 4.79 Å². The van der Waals surface area contributed by atoms with Crippen LogP contribution in [0.25, 0.3) is 0 Å². The lowest BCUT2D eigenvalue weighted by molar-refractivity contribution is -0.136. The lowest BCUT2D eigenvalue weighted by atomic mass is 9.97. The number of carbonyl (C=O) groups excluding carboxylic acids is 1. The van der Waals surface area contributed by atoms with Crippen LogP contribution in [0.2, 0.25) is 0 Å². The van der Waals surface area contributed by atoms with Crippen LogP contribution in [0.4, 0.5) is 0 Å². The van der Waals surface area contributed by atoms with Crippen molar-refractivity contribution in [2.45, 2.75) is 19.4 Å². The first-order valence-corrected chi connectivity index (χ1v) is 10.6. The van der Waals surface area contributed by atoms with Gasteiger partial charge in [0.15, 0.2) is 5.96 Å². The average molecular weight is 552 g/mol. The van der Waals surface area contributed by atoms with Crippen LogP contribution in [0.5, 0.6) is 5.75 Å². The molecule has 1 amide bonds. The fraction of sp³-hybridized carbons (Fsp3) is 0.417. The molecule has 2 N–H and O–H groups in total. The quantitative estimate of drug-likeness (QED) is 0.314. The first kappa shape index (κ1) is 25.9. The number of carbonyl (C=O) groups is 1. The molecule has 0 spiro atoms. The molecule has 0 bridgehead atoms. The Morgan fingerprint density at radius 3 is 2.53 bits per heavy atom. The number of nitrogens with zero attached hydrogens (tertiary/aromatic N) is 2. The number of hydrogen-bond acceptors (Lipinski definition) is 4. The molecular weight excluding hydrogens is 519 g/mol. The molecule has 0 aliphatic carbocycles. The van der Waals surface area contributed by atoms with Crippen molar-refractivity contribution in [3.63, 3.8) is 0 Å². The smallest absolute Gasteiger partial charge is 0.232 e. The number of rotatable bonds is 7.